The van der Waals surface area contributed by atoms with Crippen LogP contribution in [0.25, 0.3) is 0 Å². The minimum Gasteiger partial charge on any atom is -0.298 e. The molecule has 0 bridgehead atoms. The lowest BCUT2D eigenvalue weighted by molar-refractivity contribution is 0.323. The van der Waals surface area contributed by atoms with Crippen LogP contribution in [-0.4, -0.2) is 24.3 Å². The van der Waals surface area contributed by atoms with Crippen LogP contribution in [0.1, 0.15) is 20.8 Å². The smallest absolute Gasteiger partial charge is 0.0493 e. The summed E-state index contributed by atoms with van der Waals surface area (Å²) in [7, 11) is 0. The van der Waals surface area contributed by atoms with E-state index >= 15 is 0 Å². The van der Waals surface area contributed by atoms with Crippen LogP contribution in [0.3, 0.4) is 0 Å². The first-order chi connectivity index (χ1) is 4.70. The van der Waals surface area contributed by atoms with Crippen LogP contribution in [0.2, 0.25) is 0 Å². The molecule has 0 aliphatic carbocycles. The van der Waals surface area contributed by atoms with Gasteiger partial charge in [-0.15, -0.1) is 0 Å². The van der Waals surface area contributed by atoms with Crippen molar-refractivity contribution in [3.63, 3.8) is 0 Å². The van der Waals surface area contributed by atoms with Gasteiger partial charge in [-0.3, -0.25) is 5.01 Å². The van der Waals surface area contributed by atoms with Gasteiger partial charge in [-0.1, -0.05) is 6.58 Å². The van der Waals surface area contributed by atoms with Gasteiger partial charge >= 0.3 is 0 Å². The molecule has 0 aliphatic rings. The van der Waals surface area contributed by atoms with Crippen LogP contribution in [0, 0.1) is 0 Å². The van der Waals surface area contributed by atoms with E-state index in [-0.39, 0.29) is 0 Å². The molecule has 0 radical (unpaired) electrons. The Morgan fingerprint density at radius 2 is 2.00 bits per heavy atom. The van der Waals surface area contributed by atoms with Gasteiger partial charge in [0.15, 0.2) is 0 Å². The quantitative estimate of drug-likeness (QED) is 0.430. The standard InChI is InChI=1S/C8H16N2/c1-5-10(6-2)9-7-8(3)4/h7H,3,5-6H2,1-2,4H3/b9-7-. The monoisotopic (exact) mass is 140 g/mol. The van der Waals surface area contributed by atoms with Gasteiger partial charge in [-0.2, -0.15) is 5.10 Å². The highest BCUT2D eigenvalue weighted by molar-refractivity contribution is 5.76. The van der Waals surface area contributed by atoms with Crippen molar-refractivity contribution < 1.29 is 0 Å². The molecule has 0 aliphatic heterocycles. The third kappa shape index (κ3) is 4.13. The summed E-state index contributed by atoms with van der Waals surface area (Å²) in [4.78, 5) is 0. The van der Waals surface area contributed by atoms with Gasteiger partial charge in [0, 0.05) is 19.3 Å². The maximum absolute atomic E-state index is 4.17. The third-order valence-electron chi connectivity index (χ3n) is 1.17. The summed E-state index contributed by atoms with van der Waals surface area (Å²) in [5.41, 5.74) is 0.992. The van der Waals surface area contributed by atoms with Crippen LogP contribution < -0.4 is 0 Å². The van der Waals surface area contributed by atoms with Crippen LogP contribution in [0.4, 0.5) is 0 Å². The van der Waals surface area contributed by atoms with E-state index in [2.05, 4.69) is 25.5 Å². The molecule has 0 spiro atoms. The predicted molar refractivity (Wildman–Crippen MR) is 46.2 cm³/mol. The Morgan fingerprint density at radius 3 is 2.30 bits per heavy atom. The van der Waals surface area contributed by atoms with Crippen molar-refractivity contribution in [3.05, 3.63) is 12.2 Å². The van der Waals surface area contributed by atoms with Crippen LogP contribution in [0.15, 0.2) is 17.3 Å². The summed E-state index contributed by atoms with van der Waals surface area (Å²) in [6.07, 6.45) is 1.78. The van der Waals surface area contributed by atoms with E-state index in [1.54, 1.807) is 6.21 Å². The molecule has 0 saturated heterocycles. The number of hydrazone groups is 1. The highest BCUT2D eigenvalue weighted by Crippen LogP contribution is 1.88. The van der Waals surface area contributed by atoms with Crippen molar-refractivity contribution in [2.45, 2.75) is 20.8 Å². The van der Waals surface area contributed by atoms with Crippen molar-refractivity contribution in [2.75, 3.05) is 13.1 Å². The first-order valence-corrected chi connectivity index (χ1v) is 3.65. The fraction of sp³-hybridized carbons (Fsp3) is 0.625. The molecule has 0 heterocycles. The molecule has 0 atom stereocenters. The van der Waals surface area contributed by atoms with E-state index in [0.717, 1.165) is 18.7 Å². The largest absolute Gasteiger partial charge is 0.298 e. The second kappa shape index (κ2) is 5.03. The number of hydrogen-bond donors (Lipinski definition) is 0. The van der Waals surface area contributed by atoms with E-state index in [1.165, 1.54) is 0 Å². The summed E-state index contributed by atoms with van der Waals surface area (Å²) in [5, 5.41) is 6.15. The number of nitrogens with zero attached hydrogens (tertiary/aromatic N) is 2. The Hall–Kier alpha value is -0.790. The minimum absolute atomic E-state index is 0.959. The molecule has 0 unspecified atom stereocenters. The molecule has 0 saturated carbocycles. The predicted octanol–water partition coefficient (Wildman–Crippen LogP) is 1.89. The first-order valence-electron chi connectivity index (χ1n) is 3.65. The molecular formula is C8H16N2. The van der Waals surface area contributed by atoms with E-state index in [0.29, 0.717) is 0 Å². The Labute approximate surface area is 63.2 Å². The molecular weight excluding hydrogens is 124 g/mol. The van der Waals surface area contributed by atoms with Crippen molar-refractivity contribution >= 4 is 6.21 Å². The minimum atomic E-state index is 0.959. The lowest BCUT2D eigenvalue weighted by Gasteiger charge is -2.12. The zero-order valence-electron chi connectivity index (χ0n) is 7.09. The van der Waals surface area contributed by atoms with Crippen molar-refractivity contribution in [3.8, 4) is 0 Å². The van der Waals surface area contributed by atoms with Gasteiger partial charge in [-0.25, -0.2) is 0 Å². The second-order valence-electron chi connectivity index (χ2n) is 2.23. The summed E-state index contributed by atoms with van der Waals surface area (Å²) in [6.45, 7) is 11.7. The van der Waals surface area contributed by atoms with Gasteiger partial charge in [0.25, 0.3) is 0 Å². The third-order valence-corrected chi connectivity index (χ3v) is 1.17. The average Bonchev–Trinajstić information content (AvgIpc) is 1.90. The van der Waals surface area contributed by atoms with E-state index in [9.17, 15) is 0 Å². The Bertz CT molecular complexity index is 123. The van der Waals surface area contributed by atoms with Crippen LogP contribution in [0.5, 0.6) is 0 Å². The van der Waals surface area contributed by atoms with E-state index in [1.807, 2.05) is 11.9 Å². The molecule has 58 valence electrons. The maximum Gasteiger partial charge on any atom is 0.0493 e. The summed E-state index contributed by atoms with van der Waals surface area (Å²) in [6, 6.07) is 0. The van der Waals surface area contributed by atoms with Gasteiger partial charge in [0.1, 0.15) is 0 Å². The number of allylic oxidation sites excluding steroid dienone is 1. The van der Waals surface area contributed by atoms with Gasteiger partial charge in [-0.05, 0) is 26.3 Å². The normalized spacial score (nSPS) is 10.3. The Kier molecular flexibility index (Phi) is 4.63. The Morgan fingerprint density at radius 1 is 1.50 bits per heavy atom. The first kappa shape index (κ1) is 9.21. The zero-order chi connectivity index (χ0) is 7.98. The van der Waals surface area contributed by atoms with Gasteiger partial charge in [0.05, 0.1) is 0 Å². The zero-order valence-corrected chi connectivity index (χ0v) is 7.09. The number of hydrogen-bond acceptors (Lipinski definition) is 2. The molecule has 0 amide bonds. The van der Waals surface area contributed by atoms with Crippen molar-refractivity contribution in [1.29, 1.82) is 0 Å². The molecule has 2 heteroatoms. The van der Waals surface area contributed by atoms with Crippen molar-refractivity contribution in [1.82, 2.24) is 5.01 Å². The second-order valence-corrected chi connectivity index (χ2v) is 2.23. The van der Waals surface area contributed by atoms with Crippen LogP contribution in [-0.2, 0) is 0 Å². The van der Waals surface area contributed by atoms with Crippen molar-refractivity contribution in [2.24, 2.45) is 5.10 Å². The SMILES string of the molecule is C=C(C)/C=N\N(CC)CC. The van der Waals surface area contributed by atoms with E-state index < -0.39 is 0 Å². The summed E-state index contributed by atoms with van der Waals surface area (Å²) >= 11 is 0. The molecule has 0 aromatic heterocycles. The maximum atomic E-state index is 4.17. The average molecular weight is 140 g/mol. The topological polar surface area (TPSA) is 15.6 Å². The van der Waals surface area contributed by atoms with Crippen LogP contribution >= 0.6 is 0 Å². The Balaban J connectivity index is 3.72. The molecule has 2 nitrogen and oxygen atoms in total. The van der Waals surface area contributed by atoms with Gasteiger partial charge < -0.3 is 0 Å². The van der Waals surface area contributed by atoms with E-state index in [4.69, 9.17) is 0 Å². The summed E-state index contributed by atoms with van der Waals surface area (Å²) < 4.78 is 0. The van der Waals surface area contributed by atoms with Gasteiger partial charge in [0.2, 0.25) is 0 Å². The molecule has 0 rings (SSSR count). The highest BCUT2D eigenvalue weighted by atomic mass is 15.4. The fourth-order valence-corrected chi connectivity index (χ4v) is 0.567. The fourth-order valence-electron chi connectivity index (χ4n) is 0.567. The lowest BCUT2D eigenvalue weighted by Crippen LogP contribution is -2.15. The summed E-state index contributed by atoms with van der Waals surface area (Å²) in [5.74, 6) is 0. The molecule has 0 aromatic rings. The molecule has 0 aromatic carbocycles. The molecule has 0 N–H and O–H groups in total. The molecule has 10 heavy (non-hydrogen) atoms. The lowest BCUT2D eigenvalue weighted by atomic mass is 10.4. The highest BCUT2D eigenvalue weighted by Gasteiger charge is 1.88. The molecule has 0 fully saturated rings. The number of rotatable bonds is 4.